The Bertz CT molecular complexity index is 2740. The number of ether oxygens (including phenoxy) is 1. The number of halogens is 2. The van der Waals surface area contributed by atoms with Crippen molar-refractivity contribution in [2.75, 3.05) is 48.9 Å². The highest BCUT2D eigenvalue weighted by atomic mass is 19.1. The van der Waals surface area contributed by atoms with Crippen molar-refractivity contribution in [3.8, 4) is 17.1 Å². The Morgan fingerprint density at radius 3 is 2.57 bits per heavy atom. The second kappa shape index (κ2) is 14.4. The van der Waals surface area contributed by atoms with E-state index in [9.17, 15) is 14.0 Å². The number of amides is 2. The zero-order valence-electron chi connectivity index (χ0n) is 34.1. The maximum absolute atomic E-state index is 15.5. The van der Waals surface area contributed by atoms with E-state index in [2.05, 4.69) is 15.0 Å². The minimum absolute atomic E-state index is 0. The molecule has 1 saturated carbocycles. The van der Waals surface area contributed by atoms with Gasteiger partial charge in [0, 0.05) is 59.6 Å². The number of aryl methyl sites for hydroxylation is 1. The lowest BCUT2D eigenvalue weighted by atomic mass is 9.91. The first-order chi connectivity index (χ1) is 29.6. The zero-order valence-corrected chi connectivity index (χ0v) is 34.1. The Labute approximate surface area is 351 Å². The first kappa shape index (κ1) is 37.7. The van der Waals surface area contributed by atoms with Crippen LogP contribution in [0.4, 0.5) is 26.4 Å². The fourth-order valence-electron chi connectivity index (χ4n) is 10.0. The molecule has 316 valence electrons. The molecule has 2 amide bonds. The molecule has 5 atom stereocenters. The fourth-order valence-corrected chi connectivity index (χ4v) is 10.0. The molecule has 6 aromatic rings. The first-order valence-electron chi connectivity index (χ1n) is 21.0. The lowest BCUT2D eigenvalue weighted by molar-refractivity contribution is -0.137. The van der Waals surface area contributed by atoms with Gasteiger partial charge in [0.25, 0.3) is 0 Å². The number of carbonyl (C=O) groups excluding carboxylic acids is 2. The van der Waals surface area contributed by atoms with Crippen LogP contribution in [0.1, 0.15) is 45.8 Å². The van der Waals surface area contributed by atoms with Crippen LogP contribution in [0.3, 0.4) is 0 Å². The van der Waals surface area contributed by atoms with Crippen LogP contribution < -0.4 is 15.1 Å². The monoisotopic (exact) mass is 831 g/mol. The highest BCUT2D eigenvalue weighted by molar-refractivity contribution is 5.95. The number of piperidine rings is 1. The topological polar surface area (TPSA) is 156 Å². The summed E-state index contributed by atoms with van der Waals surface area (Å²) < 4.78 is 39.2. The minimum Gasteiger partial charge on any atom is -0.378 e. The van der Waals surface area contributed by atoms with E-state index in [0.717, 1.165) is 48.6 Å². The van der Waals surface area contributed by atoms with Crippen molar-refractivity contribution in [2.24, 2.45) is 0 Å². The molecule has 6 bridgehead atoms. The molecule has 1 aliphatic carbocycles. The number of nitrogens with zero attached hydrogens (tertiary/aromatic N) is 12. The Balaban J connectivity index is 0.00000458. The average molecular weight is 832 g/mol. The molecule has 18 heteroatoms. The quantitative estimate of drug-likeness (QED) is 0.255. The van der Waals surface area contributed by atoms with Crippen LogP contribution in [0.15, 0.2) is 54.9 Å². The Morgan fingerprint density at radius 1 is 0.885 bits per heavy atom. The standard InChI is InChI=1S/C43H45F2N13O3.H2/c1-23-48-32-14-15-46-37-31-7-5-9-36(50-31)49-25-17-35(41(59)53(2)21-28(61-3)22-54(23)38(32)37)56(19-25)39-29-18-47-58(33-13-10-24(44)16-30(33)45)40(29)52-43(51-39)57-27-6-4-8-34(57)42(60)55(20-27)26-11-12-26;/h5,7,9-10,13-16,18,25-28,34-35H,4,6,8,11-12,17,19-22H2,1-3H3,(H,49,50);1H/t25-,27-,28-,34+,35-;/m0./s1. The molecule has 1 N–H and O–H groups in total. The highest BCUT2D eigenvalue weighted by Gasteiger charge is 2.49. The largest absolute Gasteiger partial charge is 0.378 e. The summed E-state index contributed by atoms with van der Waals surface area (Å²) in [5, 5.41) is 8.70. The number of carbonyl (C=O) groups is 2. The second-order valence-electron chi connectivity index (χ2n) is 17.0. The lowest BCUT2D eigenvalue weighted by Gasteiger charge is -2.49. The van der Waals surface area contributed by atoms with Gasteiger partial charge in [-0.1, -0.05) is 6.07 Å². The molecule has 9 heterocycles. The summed E-state index contributed by atoms with van der Waals surface area (Å²) in [5.74, 6) is 0.541. The number of fused-ring (bicyclic) bond motifs is 8. The van der Waals surface area contributed by atoms with Crippen molar-refractivity contribution < 1.29 is 24.5 Å². The van der Waals surface area contributed by atoms with E-state index < -0.39 is 29.8 Å². The first-order valence-corrected chi connectivity index (χ1v) is 21.0. The normalized spacial score (nSPS) is 24.4. The summed E-state index contributed by atoms with van der Waals surface area (Å²) in [7, 11) is 3.42. The second-order valence-corrected chi connectivity index (χ2v) is 17.0. The van der Waals surface area contributed by atoms with Gasteiger partial charge in [-0.05, 0) is 75.8 Å². The van der Waals surface area contributed by atoms with Gasteiger partial charge in [-0.15, -0.1) is 0 Å². The number of nitrogens with one attached hydrogen (secondary N) is 1. The van der Waals surface area contributed by atoms with Crippen LogP contribution in [0.25, 0.3) is 39.1 Å². The van der Waals surface area contributed by atoms with E-state index in [0.29, 0.717) is 66.8 Å². The summed E-state index contributed by atoms with van der Waals surface area (Å²) in [6.07, 6.45) is 7.73. The summed E-state index contributed by atoms with van der Waals surface area (Å²) in [5.41, 5.74) is 3.28. The summed E-state index contributed by atoms with van der Waals surface area (Å²) in [4.78, 5) is 61.8. The van der Waals surface area contributed by atoms with Gasteiger partial charge in [-0.25, -0.2) is 23.4 Å². The van der Waals surface area contributed by atoms with Gasteiger partial charge in [-0.2, -0.15) is 15.1 Å². The van der Waals surface area contributed by atoms with Crippen LogP contribution in [0.5, 0.6) is 0 Å². The van der Waals surface area contributed by atoms with Gasteiger partial charge in [0.05, 0.1) is 47.0 Å². The van der Waals surface area contributed by atoms with E-state index >= 15 is 4.39 Å². The van der Waals surface area contributed by atoms with Crippen LogP contribution >= 0.6 is 0 Å². The van der Waals surface area contributed by atoms with Gasteiger partial charge >= 0.3 is 0 Å². The maximum Gasteiger partial charge on any atom is 0.245 e. The molecule has 5 aromatic heterocycles. The third-order valence-corrected chi connectivity index (χ3v) is 13.1. The van der Waals surface area contributed by atoms with E-state index in [4.69, 9.17) is 29.7 Å². The molecule has 4 aliphatic heterocycles. The van der Waals surface area contributed by atoms with E-state index in [1.54, 1.807) is 31.5 Å². The van der Waals surface area contributed by atoms with Gasteiger partial charge < -0.3 is 34.2 Å². The van der Waals surface area contributed by atoms with Crippen molar-refractivity contribution in [2.45, 2.75) is 88.3 Å². The Hall–Kier alpha value is -6.30. The Kier molecular flexibility index (Phi) is 8.91. The number of hydrogen-bond acceptors (Lipinski definition) is 12. The van der Waals surface area contributed by atoms with Crippen LogP contribution in [0, 0.1) is 18.6 Å². The molecular weight excluding hydrogens is 785 g/mol. The SMILES string of the molecule is CO[C@H]1CN(C)C(=O)[C@@H]2C[C@@H](CN2c2nc(N3[C@H]4CCC[C@@H]3C(=O)N(C3CC3)C4)nc3c2cnn3-c2ccc(F)cc2F)Nc2cccc(n2)-c2nccc3nc(C)n(c23)C1.[HH]. The van der Waals surface area contributed by atoms with Crippen molar-refractivity contribution in [1.29, 1.82) is 0 Å². The summed E-state index contributed by atoms with van der Waals surface area (Å²) in [6, 6.07) is 9.77. The molecule has 0 spiro atoms. The number of imidazole rings is 1. The fraction of sp³-hybridized carbons (Fsp3) is 0.442. The van der Waals surface area contributed by atoms with Crippen LogP contribution in [-0.4, -0.2) is 131 Å². The smallest absolute Gasteiger partial charge is 0.245 e. The third-order valence-electron chi connectivity index (χ3n) is 13.1. The highest BCUT2D eigenvalue weighted by Crippen LogP contribution is 2.41. The molecule has 5 aliphatic rings. The third kappa shape index (κ3) is 6.32. The molecule has 3 saturated heterocycles. The van der Waals surface area contributed by atoms with Crippen LogP contribution in [0.2, 0.25) is 0 Å². The molecule has 4 fully saturated rings. The van der Waals surface area contributed by atoms with E-state index in [-0.39, 0.29) is 49.2 Å². The molecule has 0 radical (unpaired) electrons. The summed E-state index contributed by atoms with van der Waals surface area (Å²) in [6.45, 7) is 3.55. The number of pyridine rings is 2. The average Bonchev–Trinajstić information content (AvgIpc) is 3.75. The van der Waals surface area contributed by atoms with Gasteiger partial charge in [0.1, 0.15) is 46.7 Å². The number of piperazine rings is 1. The number of aromatic nitrogens is 8. The van der Waals surface area contributed by atoms with E-state index in [1.165, 1.54) is 16.8 Å². The lowest BCUT2D eigenvalue weighted by Crippen LogP contribution is -2.65. The predicted octanol–water partition coefficient (Wildman–Crippen LogP) is 4.73. The minimum atomic E-state index is -0.808. The van der Waals surface area contributed by atoms with Gasteiger partial charge in [0.2, 0.25) is 17.8 Å². The number of anilines is 3. The number of benzene rings is 1. The van der Waals surface area contributed by atoms with Crippen molar-refractivity contribution in [3.63, 3.8) is 0 Å². The Morgan fingerprint density at radius 2 is 1.75 bits per heavy atom. The predicted molar refractivity (Wildman–Crippen MR) is 224 cm³/mol. The van der Waals surface area contributed by atoms with E-state index in [1.807, 2.05) is 45.9 Å². The molecule has 11 rings (SSSR count). The van der Waals surface area contributed by atoms with Crippen LogP contribution in [-0.2, 0) is 20.9 Å². The summed E-state index contributed by atoms with van der Waals surface area (Å²) >= 11 is 0. The molecule has 0 unspecified atom stereocenters. The van der Waals surface area contributed by atoms with Crippen molar-refractivity contribution >= 4 is 51.5 Å². The zero-order chi connectivity index (χ0) is 41.7. The molecule has 61 heavy (non-hydrogen) atoms. The molecular formula is C43H47F2N13O3. The van der Waals surface area contributed by atoms with Crippen molar-refractivity contribution in [3.05, 3.63) is 72.3 Å². The molecule has 16 nitrogen and oxygen atoms in total. The maximum atomic E-state index is 15.5. The number of likely N-dealkylation sites (N-methyl/N-ethyl adjacent to an activating group) is 1. The van der Waals surface area contributed by atoms with Gasteiger partial charge in [0.15, 0.2) is 11.5 Å². The number of hydrogen-bond donors (Lipinski definition) is 1. The number of methoxy groups -OCH3 is 1. The number of rotatable bonds is 5. The number of likely N-dealkylation sites (tertiary alicyclic amines) is 1. The van der Waals surface area contributed by atoms with Gasteiger partial charge in [-0.3, -0.25) is 14.6 Å². The molecule has 1 aromatic carbocycles. The van der Waals surface area contributed by atoms with Crippen molar-refractivity contribution in [1.82, 2.24) is 49.1 Å².